The van der Waals surface area contributed by atoms with Gasteiger partial charge in [-0.2, -0.15) is 4.31 Å². The molecule has 0 aliphatic heterocycles. The zero-order chi connectivity index (χ0) is 24.1. The maximum atomic E-state index is 13.2. The lowest BCUT2D eigenvalue weighted by Gasteiger charge is -2.30. The number of rotatable bonds is 9. The summed E-state index contributed by atoms with van der Waals surface area (Å²) in [5.74, 6) is -0.736. The van der Waals surface area contributed by atoms with Crippen LogP contribution in [0.3, 0.4) is 0 Å². The van der Waals surface area contributed by atoms with Crippen LogP contribution in [0.5, 0.6) is 0 Å². The number of nitrogens with zero attached hydrogens (tertiary/aromatic N) is 2. The van der Waals surface area contributed by atoms with Gasteiger partial charge in [0.2, 0.25) is 21.8 Å². The second kappa shape index (κ2) is 10.7. The molecule has 174 valence electrons. The van der Waals surface area contributed by atoms with Crippen LogP contribution in [0.1, 0.15) is 37.5 Å². The molecule has 0 bridgehead atoms. The standard InChI is InChI=1S/C24H33N3O4S/c1-17(2)25-24(29)20(5)27(15-21-11-7-18(3)8-12-21)23(28)16-26(6)32(30,31)22-13-9-19(4)10-14-22/h7-14,17,20H,15-16H2,1-6H3,(H,25,29). The molecule has 2 amide bonds. The predicted molar refractivity (Wildman–Crippen MR) is 125 cm³/mol. The van der Waals surface area contributed by atoms with E-state index in [1.807, 2.05) is 52.0 Å². The largest absolute Gasteiger partial charge is 0.352 e. The van der Waals surface area contributed by atoms with Crippen molar-refractivity contribution in [3.05, 3.63) is 65.2 Å². The van der Waals surface area contributed by atoms with Crippen molar-refractivity contribution >= 4 is 21.8 Å². The normalized spacial score (nSPS) is 12.6. The lowest BCUT2D eigenvalue weighted by Crippen LogP contribution is -2.51. The molecule has 0 heterocycles. The molecule has 0 aliphatic carbocycles. The molecule has 0 aliphatic rings. The van der Waals surface area contributed by atoms with Gasteiger partial charge in [-0.05, 0) is 52.3 Å². The van der Waals surface area contributed by atoms with Crippen molar-refractivity contribution < 1.29 is 18.0 Å². The summed E-state index contributed by atoms with van der Waals surface area (Å²) in [6.45, 7) is 9.01. The summed E-state index contributed by atoms with van der Waals surface area (Å²) in [6.07, 6.45) is 0. The van der Waals surface area contributed by atoms with Gasteiger partial charge >= 0.3 is 0 Å². The van der Waals surface area contributed by atoms with Crippen LogP contribution in [0.2, 0.25) is 0 Å². The van der Waals surface area contributed by atoms with E-state index in [-0.39, 0.29) is 29.9 Å². The molecule has 0 radical (unpaired) electrons. The number of hydrogen-bond acceptors (Lipinski definition) is 4. The molecule has 0 saturated carbocycles. The number of carbonyl (C=O) groups excluding carboxylic acids is 2. The first-order valence-corrected chi connectivity index (χ1v) is 12.0. The Morgan fingerprint density at radius 1 is 0.906 bits per heavy atom. The van der Waals surface area contributed by atoms with Crippen molar-refractivity contribution in [1.29, 1.82) is 0 Å². The van der Waals surface area contributed by atoms with E-state index in [1.165, 1.54) is 24.1 Å². The Bertz CT molecular complexity index is 1030. The van der Waals surface area contributed by atoms with Gasteiger partial charge in [-0.1, -0.05) is 47.5 Å². The van der Waals surface area contributed by atoms with E-state index in [2.05, 4.69) is 5.32 Å². The van der Waals surface area contributed by atoms with Gasteiger partial charge in [0, 0.05) is 19.6 Å². The molecule has 8 heteroatoms. The number of aryl methyl sites for hydroxylation is 2. The van der Waals surface area contributed by atoms with E-state index < -0.39 is 22.0 Å². The summed E-state index contributed by atoms with van der Waals surface area (Å²) in [5, 5.41) is 2.82. The Balaban J connectivity index is 2.26. The average molecular weight is 460 g/mol. The topological polar surface area (TPSA) is 86.8 Å². The van der Waals surface area contributed by atoms with Crippen LogP contribution < -0.4 is 5.32 Å². The van der Waals surface area contributed by atoms with E-state index in [9.17, 15) is 18.0 Å². The highest BCUT2D eigenvalue weighted by atomic mass is 32.2. The highest BCUT2D eigenvalue weighted by Gasteiger charge is 2.30. The van der Waals surface area contributed by atoms with Gasteiger partial charge in [-0.3, -0.25) is 9.59 Å². The van der Waals surface area contributed by atoms with Crippen LogP contribution in [0.4, 0.5) is 0 Å². The van der Waals surface area contributed by atoms with E-state index in [1.54, 1.807) is 19.1 Å². The highest BCUT2D eigenvalue weighted by molar-refractivity contribution is 7.89. The van der Waals surface area contributed by atoms with Crippen LogP contribution in [0.25, 0.3) is 0 Å². The fourth-order valence-electron chi connectivity index (χ4n) is 3.13. The van der Waals surface area contributed by atoms with E-state index in [0.717, 1.165) is 21.0 Å². The predicted octanol–water partition coefficient (Wildman–Crippen LogP) is 2.87. The second-order valence-corrected chi connectivity index (χ2v) is 10.5. The Kier molecular flexibility index (Phi) is 8.58. The smallest absolute Gasteiger partial charge is 0.243 e. The number of hydrogen-bond donors (Lipinski definition) is 1. The van der Waals surface area contributed by atoms with Gasteiger partial charge < -0.3 is 10.2 Å². The molecule has 1 N–H and O–H groups in total. The third kappa shape index (κ3) is 6.64. The van der Waals surface area contributed by atoms with E-state index >= 15 is 0 Å². The van der Waals surface area contributed by atoms with Gasteiger partial charge in [0.1, 0.15) is 6.04 Å². The minimum absolute atomic E-state index is 0.0779. The summed E-state index contributed by atoms with van der Waals surface area (Å²) in [5.41, 5.74) is 2.88. The zero-order valence-corrected chi connectivity index (χ0v) is 20.4. The van der Waals surface area contributed by atoms with Gasteiger partial charge in [0.15, 0.2) is 0 Å². The number of nitrogens with one attached hydrogen (secondary N) is 1. The molecule has 0 saturated heterocycles. The first kappa shape index (κ1) is 25.5. The third-order valence-corrected chi connectivity index (χ3v) is 6.98. The van der Waals surface area contributed by atoms with E-state index in [4.69, 9.17) is 0 Å². The molecule has 0 fully saturated rings. The Morgan fingerprint density at radius 3 is 1.91 bits per heavy atom. The highest BCUT2D eigenvalue weighted by Crippen LogP contribution is 2.17. The number of likely N-dealkylation sites (N-methyl/N-ethyl adjacent to an activating group) is 1. The van der Waals surface area contributed by atoms with E-state index in [0.29, 0.717) is 0 Å². The first-order valence-electron chi connectivity index (χ1n) is 10.6. The first-order chi connectivity index (χ1) is 14.9. The van der Waals surface area contributed by atoms with Crippen LogP contribution in [0.15, 0.2) is 53.4 Å². The second-order valence-electron chi connectivity index (χ2n) is 8.42. The van der Waals surface area contributed by atoms with Crippen molar-refractivity contribution in [3.8, 4) is 0 Å². The van der Waals surface area contributed by atoms with Crippen molar-refractivity contribution in [3.63, 3.8) is 0 Å². The fourth-order valence-corrected chi connectivity index (χ4v) is 4.25. The monoisotopic (exact) mass is 459 g/mol. The molecule has 2 rings (SSSR count). The van der Waals surface area contributed by atoms with Crippen LogP contribution in [-0.2, 0) is 26.2 Å². The minimum Gasteiger partial charge on any atom is -0.352 e. The summed E-state index contributed by atoms with van der Waals surface area (Å²) >= 11 is 0. The molecule has 32 heavy (non-hydrogen) atoms. The summed E-state index contributed by atoms with van der Waals surface area (Å²) in [4.78, 5) is 27.4. The number of carbonyl (C=O) groups is 2. The van der Waals surface area contributed by atoms with Crippen molar-refractivity contribution in [2.45, 2.75) is 58.1 Å². The molecular weight excluding hydrogens is 426 g/mol. The molecule has 0 spiro atoms. The van der Waals surface area contributed by atoms with Crippen LogP contribution in [0, 0.1) is 13.8 Å². The SMILES string of the molecule is Cc1ccc(CN(C(=O)CN(C)S(=O)(=O)c2ccc(C)cc2)C(C)C(=O)NC(C)C)cc1. The molecule has 7 nitrogen and oxygen atoms in total. The Labute approximate surface area is 191 Å². The van der Waals surface area contributed by atoms with Gasteiger partial charge in [0.05, 0.1) is 11.4 Å². The number of amides is 2. The molecular formula is C24H33N3O4S. The van der Waals surface area contributed by atoms with Crippen molar-refractivity contribution in [2.75, 3.05) is 13.6 Å². The lowest BCUT2D eigenvalue weighted by molar-refractivity contribution is -0.140. The molecule has 1 atom stereocenters. The average Bonchev–Trinajstić information content (AvgIpc) is 2.72. The minimum atomic E-state index is -3.84. The Hall–Kier alpha value is -2.71. The molecule has 2 aromatic rings. The third-order valence-electron chi connectivity index (χ3n) is 5.16. The van der Waals surface area contributed by atoms with Crippen LogP contribution in [-0.4, -0.2) is 55.1 Å². The maximum absolute atomic E-state index is 13.2. The summed E-state index contributed by atoms with van der Waals surface area (Å²) in [6, 6.07) is 13.3. The molecule has 1 unspecified atom stereocenters. The summed E-state index contributed by atoms with van der Waals surface area (Å²) in [7, 11) is -2.47. The Morgan fingerprint density at radius 2 is 1.41 bits per heavy atom. The maximum Gasteiger partial charge on any atom is 0.243 e. The quantitative estimate of drug-likeness (QED) is 0.625. The molecule has 2 aromatic carbocycles. The number of benzene rings is 2. The van der Waals surface area contributed by atoms with Gasteiger partial charge in [-0.25, -0.2) is 8.42 Å². The van der Waals surface area contributed by atoms with Gasteiger partial charge in [0.25, 0.3) is 0 Å². The lowest BCUT2D eigenvalue weighted by atomic mass is 10.1. The fraction of sp³-hybridized carbons (Fsp3) is 0.417. The summed E-state index contributed by atoms with van der Waals surface area (Å²) < 4.78 is 26.9. The number of sulfonamides is 1. The van der Waals surface area contributed by atoms with Crippen molar-refractivity contribution in [1.82, 2.24) is 14.5 Å². The molecule has 0 aromatic heterocycles. The van der Waals surface area contributed by atoms with Crippen LogP contribution >= 0.6 is 0 Å². The van der Waals surface area contributed by atoms with Crippen molar-refractivity contribution in [2.24, 2.45) is 0 Å². The van der Waals surface area contributed by atoms with Gasteiger partial charge in [-0.15, -0.1) is 0 Å². The zero-order valence-electron chi connectivity index (χ0n) is 19.6.